The lowest BCUT2D eigenvalue weighted by Crippen LogP contribution is -2.14. The van der Waals surface area contributed by atoms with Crippen LogP contribution in [-0.2, 0) is 18.8 Å². The molecule has 0 saturated heterocycles. The van der Waals surface area contributed by atoms with E-state index >= 15 is 0 Å². The van der Waals surface area contributed by atoms with E-state index < -0.39 is 29.8 Å². The van der Waals surface area contributed by atoms with Gasteiger partial charge in [0.25, 0.3) is 0 Å². The second-order valence-corrected chi connectivity index (χ2v) is 6.36. The van der Waals surface area contributed by atoms with E-state index in [4.69, 9.17) is 0 Å². The van der Waals surface area contributed by atoms with Gasteiger partial charge in [-0.25, -0.2) is 9.97 Å². The van der Waals surface area contributed by atoms with E-state index in [1.54, 1.807) is 0 Å². The second-order valence-electron chi connectivity index (χ2n) is 6.36. The van der Waals surface area contributed by atoms with Gasteiger partial charge in [-0.3, -0.25) is 4.98 Å². The highest BCUT2D eigenvalue weighted by molar-refractivity contribution is 5.57. The number of alkyl halides is 6. The van der Waals surface area contributed by atoms with Crippen molar-refractivity contribution in [3.05, 3.63) is 66.4 Å². The molecule has 0 bridgehead atoms. The van der Waals surface area contributed by atoms with Gasteiger partial charge in [0.05, 0.1) is 6.10 Å². The molecule has 1 atom stereocenters. The van der Waals surface area contributed by atoms with Gasteiger partial charge in [0.2, 0.25) is 5.95 Å². The van der Waals surface area contributed by atoms with Crippen LogP contribution in [-0.4, -0.2) is 36.1 Å². The Hall–Kier alpha value is -3.61. The van der Waals surface area contributed by atoms with Gasteiger partial charge in [-0.15, -0.1) is 6.58 Å². The molecule has 13 heteroatoms. The normalized spacial score (nSPS) is 13.0. The molecule has 0 fully saturated rings. The van der Waals surface area contributed by atoms with Crippen LogP contribution in [0.1, 0.15) is 17.2 Å². The van der Waals surface area contributed by atoms with Crippen molar-refractivity contribution in [1.82, 2.24) is 24.9 Å². The number of nitrogens with one attached hydrogen (secondary N) is 1. The number of halogens is 6. The highest BCUT2D eigenvalue weighted by Gasteiger charge is 2.33. The summed E-state index contributed by atoms with van der Waals surface area (Å²) in [4.78, 5) is 18.7. The Morgan fingerprint density at radius 1 is 0.969 bits per heavy atom. The summed E-state index contributed by atoms with van der Waals surface area (Å²) < 4.78 is 77.7. The van der Waals surface area contributed by atoms with Gasteiger partial charge in [0, 0.05) is 18.3 Å². The Kier molecular flexibility index (Phi) is 6.39. The summed E-state index contributed by atoms with van der Waals surface area (Å²) in [6, 6.07) is 5.04. The minimum absolute atomic E-state index is 0.0470. The summed E-state index contributed by atoms with van der Waals surface area (Å²) in [5, 5.41) is 12.3. The summed E-state index contributed by atoms with van der Waals surface area (Å²) in [5.41, 5.74) is -2.66. The van der Waals surface area contributed by atoms with Crippen LogP contribution in [0.15, 0.2) is 49.2 Å². The molecule has 0 radical (unpaired) electrons. The Balaban J connectivity index is 2.04. The Morgan fingerprint density at radius 2 is 1.69 bits per heavy atom. The zero-order valence-corrected chi connectivity index (χ0v) is 16.0. The fourth-order valence-corrected chi connectivity index (χ4v) is 2.46. The van der Waals surface area contributed by atoms with Gasteiger partial charge in [-0.1, -0.05) is 12.1 Å². The molecule has 0 aliphatic rings. The first-order valence-electron chi connectivity index (χ1n) is 8.86. The summed E-state index contributed by atoms with van der Waals surface area (Å²) in [6.07, 6.45) is -8.54. The topological polar surface area (TPSA) is 96.7 Å². The van der Waals surface area contributed by atoms with Crippen LogP contribution >= 0.6 is 0 Å². The van der Waals surface area contributed by atoms with Crippen molar-refractivity contribution in [1.29, 1.82) is 0 Å². The quantitative estimate of drug-likeness (QED) is 0.424. The zero-order valence-electron chi connectivity index (χ0n) is 16.0. The monoisotopic (exact) mass is 456 g/mol. The van der Waals surface area contributed by atoms with Crippen molar-refractivity contribution >= 4 is 11.6 Å². The largest absolute Gasteiger partial charge is 0.433 e. The van der Waals surface area contributed by atoms with Crippen LogP contribution in [0.5, 0.6) is 0 Å². The van der Waals surface area contributed by atoms with Crippen molar-refractivity contribution in [2.75, 3.05) is 5.32 Å². The smallest absolute Gasteiger partial charge is 0.389 e. The third-order valence-corrected chi connectivity index (χ3v) is 3.92. The van der Waals surface area contributed by atoms with Crippen molar-refractivity contribution in [2.24, 2.45) is 0 Å². The molecular weight excluding hydrogens is 442 g/mol. The predicted octanol–water partition coefficient (Wildman–Crippen LogP) is 4.20. The van der Waals surface area contributed by atoms with Gasteiger partial charge in [0.15, 0.2) is 5.82 Å². The van der Waals surface area contributed by atoms with E-state index in [1.165, 1.54) is 18.2 Å². The molecule has 3 aromatic rings. The maximum Gasteiger partial charge on any atom is 0.433 e. The standard InChI is InChI=1S/C19H14F6N6O/c1-2-11(32)9-15-29-16(12-4-3-5-13(28-12)18(20,21)22)31-17(30-15)27-10-6-7-26-14(8-10)19(23,24)25/h2-8,11,32H,1,9H2,(H,26,27,29,30,31). The molecule has 3 aromatic heterocycles. The first-order valence-corrected chi connectivity index (χ1v) is 8.86. The molecule has 7 nitrogen and oxygen atoms in total. The molecular formula is C19H14F6N6O. The minimum Gasteiger partial charge on any atom is -0.389 e. The first kappa shape index (κ1) is 23.1. The third-order valence-electron chi connectivity index (χ3n) is 3.92. The number of rotatable bonds is 6. The van der Waals surface area contributed by atoms with E-state index in [9.17, 15) is 31.4 Å². The summed E-state index contributed by atoms with van der Waals surface area (Å²) in [7, 11) is 0. The Labute approximate surface area is 176 Å². The van der Waals surface area contributed by atoms with E-state index in [0.29, 0.717) is 6.07 Å². The van der Waals surface area contributed by atoms with Crippen LogP contribution in [0.25, 0.3) is 11.5 Å². The van der Waals surface area contributed by atoms with Crippen LogP contribution < -0.4 is 5.32 Å². The molecule has 32 heavy (non-hydrogen) atoms. The SMILES string of the molecule is C=CC(O)Cc1nc(Nc2ccnc(C(F)(F)F)c2)nc(-c2cccc(C(F)(F)F)n2)n1. The Bertz CT molecular complexity index is 1120. The number of nitrogens with zero attached hydrogens (tertiary/aromatic N) is 5. The van der Waals surface area contributed by atoms with Crippen molar-refractivity contribution < 1.29 is 31.4 Å². The van der Waals surface area contributed by atoms with Crippen LogP contribution in [0, 0.1) is 0 Å². The number of aliphatic hydroxyl groups is 1. The number of aromatic nitrogens is 5. The van der Waals surface area contributed by atoms with Gasteiger partial charge in [-0.2, -0.15) is 36.3 Å². The number of aliphatic hydroxyl groups excluding tert-OH is 1. The zero-order chi connectivity index (χ0) is 23.5. The van der Waals surface area contributed by atoms with E-state index in [1.807, 2.05) is 0 Å². The summed E-state index contributed by atoms with van der Waals surface area (Å²) >= 11 is 0. The molecule has 3 rings (SSSR count). The van der Waals surface area contributed by atoms with Gasteiger partial charge in [-0.05, 0) is 24.3 Å². The highest BCUT2D eigenvalue weighted by Crippen LogP contribution is 2.30. The molecule has 3 heterocycles. The van der Waals surface area contributed by atoms with E-state index in [-0.39, 0.29) is 35.4 Å². The lowest BCUT2D eigenvalue weighted by atomic mass is 10.2. The number of anilines is 2. The average molecular weight is 456 g/mol. The van der Waals surface area contributed by atoms with Crippen LogP contribution in [0.3, 0.4) is 0 Å². The molecule has 2 N–H and O–H groups in total. The maximum atomic E-state index is 13.0. The number of pyridine rings is 2. The molecule has 1 unspecified atom stereocenters. The molecule has 0 saturated carbocycles. The molecule has 168 valence electrons. The molecule has 0 aliphatic carbocycles. The molecule has 0 aromatic carbocycles. The highest BCUT2D eigenvalue weighted by atomic mass is 19.4. The van der Waals surface area contributed by atoms with Crippen LogP contribution in [0.4, 0.5) is 38.0 Å². The average Bonchev–Trinajstić information content (AvgIpc) is 2.72. The fourth-order valence-electron chi connectivity index (χ4n) is 2.46. The van der Waals surface area contributed by atoms with Crippen molar-refractivity contribution in [3.63, 3.8) is 0 Å². The minimum atomic E-state index is -4.71. The molecule has 0 spiro atoms. The van der Waals surface area contributed by atoms with Crippen molar-refractivity contribution in [2.45, 2.75) is 24.9 Å². The van der Waals surface area contributed by atoms with E-state index in [2.05, 4.69) is 36.8 Å². The van der Waals surface area contributed by atoms with Crippen LogP contribution in [0.2, 0.25) is 0 Å². The van der Waals surface area contributed by atoms with Gasteiger partial charge in [0.1, 0.15) is 22.9 Å². The second kappa shape index (κ2) is 8.86. The lowest BCUT2D eigenvalue weighted by molar-refractivity contribution is -0.141. The number of hydrogen-bond acceptors (Lipinski definition) is 7. The maximum absolute atomic E-state index is 13.0. The fraction of sp³-hybridized carbons (Fsp3) is 0.211. The summed E-state index contributed by atoms with van der Waals surface area (Å²) in [5.74, 6) is -0.584. The molecule has 0 aliphatic heterocycles. The number of hydrogen-bond donors (Lipinski definition) is 2. The lowest BCUT2D eigenvalue weighted by Gasteiger charge is -2.12. The predicted molar refractivity (Wildman–Crippen MR) is 100 cm³/mol. The first-order chi connectivity index (χ1) is 15.0. The van der Waals surface area contributed by atoms with Gasteiger partial charge < -0.3 is 10.4 Å². The molecule has 0 amide bonds. The Morgan fingerprint density at radius 3 is 2.34 bits per heavy atom. The summed E-state index contributed by atoms with van der Waals surface area (Å²) in [6.45, 7) is 3.41. The van der Waals surface area contributed by atoms with E-state index in [0.717, 1.165) is 18.3 Å². The third kappa shape index (κ3) is 5.75. The van der Waals surface area contributed by atoms with Crippen molar-refractivity contribution in [3.8, 4) is 11.5 Å². The van der Waals surface area contributed by atoms with Gasteiger partial charge >= 0.3 is 12.4 Å².